The van der Waals surface area contributed by atoms with Crippen molar-refractivity contribution in [2.75, 3.05) is 20.7 Å². The SMILES string of the molecule is CCCCCC(=O)NC(CCC(=O)O)C(=O)NC1C(=O)NC(CCCN=C(N)N)C(=O)NC2CCC(O)N(C2=O)C(C(C)CC)C(=O)N(C)C(Cc2ccc(OC)c(Cl)c2)C(=O)NC(C(C)C)C(=O)OC1C. The number of cyclic esters (lactones) is 1. The molecular weight excluding hydrogens is 960 g/mol. The number of carboxylic acids is 1. The number of piperidine rings is 1. The molecule has 0 saturated carbocycles. The van der Waals surface area contributed by atoms with Crippen molar-refractivity contribution in [3.63, 3.8) is 0 Å². The van der Waals surface area contributed by atoms with Crippen LogP contribution in [0, 0.1) is 11.8 Å². The highest BCUT2D eigenvalue weighted by Gasteiger charge is 2.47. The zero-order valence-electron chi connectivity index (χ0n) is 42.5. The van der Waals surface area contributed by atoms with E-state index in [1.54, 1.807) is 45.9 Å². The molecule has 7 amide bonds. The molecule has 24 heteroatoms. The molecule has 1 aromatic rings. The van der Waals surface area contributed by atoms with E-state index in [4.69, 9.17) is 32.5 Å². The van der Waals surface area contributed by atoms with Gasteiger partial charge in [-0.25, -0.2) is 4.79 Å². The molecule has 2 aliphatic heterocycles. The lowest BCUT2D eigenvalue weighted by Crippen LogP contribution is -2.66. The fraction of sp³-hybridized carbons (Fsp3) is 0.667. The number of likely N-dealkylation sites (N-methyl/N-ethyl adjacent to an activating group) is 1. The summed E-state index contributed by atoms with van der Waals surface area (Å²) >= 11 is 6.49. The molecule has 11 N–H and O–H groups in total. The quantitative estimate of drug-likeness (QED) is 0.0374. The summed E-state index contributed by atoms with van der Waals surface area (Å²) in [5.74, 6) is -9.47. The number of nitrogens with two attached hydrogens (primary N) is 2. The van der Waals surface area contributed by atoms with Gasteiger partial charge in [0.1, 0.15) is 60.4 Å². The van der Waals surface area contributed by atoms with E-state index >= 15 is 0 Å². The number of hydrogen-bond acceptors (Lipinski definition) is 13. The summed E-state index contributed by atoms with van der Waals surface area (Å²) in [5.41, 5.74) is 11.5. The summed E-state index contributed by atoms with van der Waals surface area (Å²) < 4.78 is 11.2. The molecule has 72 heavy (non-hydrogen) atoms. The first-order chi connectivity index (χ1) is 33.9. The highest BCUT2D eigenvalue weighted by atomic mass is 35.5. The van der Waals surface area contributed by atoms with Gasteiger partial charge in [-0.1, -0.05) is 71.5 Å². The van der Waals surface area contributed by atoms with E-state index in [1.165, 1.54) is 21.1 Å². The minimum Gasteiger partial charge on any atom is -0.495 e. The number of hydrogen-bond donors (Lipinski definition) is 9. The number of aliphatic hydroxyl groups is 1. The minimum absolute atomic E-state index is 0.00271. The van der Waals surface area contributed by atoms with Crippen LogP contribution in [0.2, 0.25) is 5.02 Å². The summed E-state index contributed by atoms with van der Waals surface area (Å²) in [5, 5.41) is 34.2. The second-order valence-corrected chi connectivity index (χ2v) is 19.1. The summed E-state index contributed by atoms with van der Waals surface area (Å²) in [7, 11) is 2.78. The largest absolute Gasteiger partial charge is 0.495 e. The average molecular weight is 1040 g/mol. The van der Waals surface area contributed by atoms with Gasteiger partial charge in [0.2, 0.25) is 41.4 Å². The van der Waals surface area contributed by atoms with E-state index in [1.807, 2.05) is 6.92 Å². The Morgan fingerprint density at radius 2 is 1.65 bits per heavy atom. The average Bonchev–Trinajstić information content (AvgIpc) is 3.32. The number of nitrogens with zero attached hydrogens (tertiary/aromatic N) is 3. The van der Waals surface area contributed by atoms with Crippen LogP contribution in [0.5, 0.6) is 5.75 Å². The van der Waals surface area contributed by atoms with Crippen LogP contribution in [0.4, 0.5) is 0 Å². The second kappa shape index (κ2) is 28.7. The van der Waals surface area contributed by atoms with Crippen LogP contribution in [0.3, 0.4) is 0 Å². The first-order valence-corrected chi connectivity index (χ1v) is 24.9. The van der Waals surface area contributed by atoms with Crippen LogP contribution >= 0.6 is 11.6 Å². The molecule has 23 nitrogen and oxygen atoms in total. The number of esters is 1. The van der Waals surface area contributed by atoms with Gasteiger partial charge in [-0.15, -0.1) is 0 Å². The summed E-state index contributed by atoms with van der Waals surface area (Å²) in [6.45, 7) is 9.89. The van der Waals surface area contributed by atoms with Crippen LogP contribution in [0.1, 0.15) is 118 Å². The van der Waals surface area contributed by atoms with Crippen molar-refractivity contribution in [3.8, 4) is 5.75 Å². The smallest absolute Gasteiger partial charge is 0.329 e. The number of carbonyl (C=O) groups excluding carboxylic acids is 8. The van der Waals surface area contributed by atoms with Gasteiger partial charge in [0, 0.05) is 32.9 Å². The molecule has 2 fully saturated rings. The third-order valence-corrected chi connectivity index (χ3v) is 13.2. The fourth-order valence-electron chi connectivity index (χ4n) is 8.42. The second-order valence-electron chi connectivity index (χ2n) is 18.7. The number of carbonyl (C=O) groups is 9. The topological polar surface area (TPSA) is 344 Å². The zero-order chi connectivity index (χ0) is 54.0. The predicted molar refractivity (Wildman–Crippen MR) is 265 cm³/mol. The number of fused-ring (bicyclic) bond motifs is 2. The lowest BCUT2D eigenvalue weighted by molar-refractivity contribution is -0.168. The van der Waals surface area contributed by atoms with Gasteiger partial charge in [-0.2, -0.15) is 0 Å². The van der Waals surface area contributed by atoms with Crippen molar-refractivity contribution in [1.29, 1.82) is 0 Å². The molecule has 0 aromatic heterocycles. The Kier molecular flexibility index (Phi) is 24.0. The van der Waals surface area contributed by atoms with Crippen molar-refractivity contribution in [2.45, 2.75) is 173 Å². The number of aliphatic hydroxyl groups excluding tert-OH is 1. The number of methoxy groups -OCH3 is 1. The van der Waals surface area contributed by atoms with E-state index in [0.29, 0.717) is 30.6 Å². The van der Waals surface area contributed by atoms with E-state index < -0.39 is 126 Å². The molecule has 10 unspecified atom stereocenters. The third kappa shape index (κ3) is 17.2. The number of halogens is 1. The minimum atomic E-state index is -1.83. The maximum atomic E-state index is 15.0. The van der Waals surface area contributed by atoms with Crippen LogP contribution in [0.15, 0.2) is 23.2 Å². The maximum absolute atomic E-state index is 15.0. The van der Waals surface area contributed by atoms with Gasteiger partial charge < -0.3 is 67.5 Å². The van der Waals surface area contributed by atoms with E-state index in [9.17, 15) is 53.4 Å². The summed E-state index contributed by atoms with van der Waals surface area (Å²) in [6, 6.07) is -5.58. The van der Waals surface area contributed by atoms with Crippen LogP contribution in [0.25, 0.3) is 0 Å². The number of aliphatic carboxylic acids is 1. The number of aliphatic imine (C=N–C) groups is 1. The van der Waals surface area contributed by atoms with Gasteiger partial charge in [-0.3, -0.25) is 43.3 Å². The maximum Gasteiger partial charge on any atom is 0.329 e. The lowest BCUT2D eigenvalue weighted by Gasteiger charge is -2.44. The van der Waals surface area contributed by atoms with Crippen LogP contribution in [-0.2, 0) is 54.3 Å². The first-order valence-electron chi connectivity index (χ1n) is 24.5. The molecule has 3 rings (SSSR count). The number of amides is 7. The van der Waals surface area contributed by atoms with Gasteiger partial charge in [0.25, 0.3) is 0 Å². The normalized spacial score (nSPS) is 24.5. The number of benzene rings is 1. The Morgan fingerprint density at radius 3 is 2.25 bits per heavy atom. The van der Waals surface area contributed by atoms with Gasteiger partial charge in [-0.05, 0) is 75.0 Å². The van der Waals surface area contributed by atoms with Crippen LogP contribution in [-0.4, -0.2) is 155 Å². The molecule has 2 bridgehead atoms. The highest BCUT2D eigenvalue weighted by Crippen LogP contribution is 2.29. The monoisotopic (exact) mass is 1030 g/mol. The Hall–Kier alpha value is -6.23. The van der Waals surface area contributed by atoms with Crippen molar-refractivity contribution in [1.82, 2.24) is 36.4 Å². The molecule has 2 heterocycles. The Labute approximate surface area is 425 Å². The summed E-state index contributed by atoms with van der Waals surface area (Å²) in [6.07, 6.45) is -2.06. The van der Waals surface area contributed by atoms with Gasteiger partial charge in [0.05, 0.1) is 12.1 Å². The molecule has 0 spiro atoms. The van der Waals surface area contributed by atoms with Crippen molar-refractivity contribution in [3.05, 3.63) is 28.8 Å². The fourth-order valence-corrected chi connectivity index (χ4v) is 8.70. The van der Waals surface area contributed by atoms with E-state index in [-0.39, 0.29) is 62.5 Å². The van der Waals surface area contributed by atoms with Crippen molar-refractivity contribution < 1.29 is 62.8 Å². The lowest BCUT2D eigenvalue weighted by atomic mass is 9.91. The molecule has 10 atom stereocenters. The van der Waals surface area contributed by atoms with Gasteiger partial charge >= 0.3 is 11.9 Å². The molecule has 0 aliphatic carbocycles. The number of guanidine groups is 1. The third-order valence-electron chi connectivity index (χ3n) is 12.9. The Balaban J connectivity index is 2.27. The zero-order valence-corrected chi connectivity index (χ0v) is 43.3. The molecule has 402 valence electrons. The standard InChI is InChI=1S/C48H75ClN10O13/c1-9-11-12-15-35(60)53-31(18-21-37(62)63)42(65)57-39-27(6)72-47(70)38(25(3)4)56-43(66)33(24-28-16-19-34(71-8)29(49)23-28)58(7)46(69)40(26(5)10-2)59-36(61)20-17-32(45(59)68)55-41(64)30(54-44(39)67)14-13-22-52-48(50)51/h16,19,23,25-27,30-33,36,38-40,61H,9-15,17-18,20-22,24H2,1-8H3,(H,53,60)(H,54,67)(H,55,64)(H,56,66)(H,57,65)(H,62,63)(H4,50,51,52). The Morgan fingerprint density at radius 1 is 0.958 bits per heavy atom. The van der Waals surface area contributed by atoms with Crippen molar-refractivity contribution in [2.24, 2.45) is 28.3 Å². The molecule has 2 saturated heterocycles. The first kappa shape index (κ1) is 60.1. The van der Waals surface area contributed by atoms with E-state index in [0.717, 1.165) is 16.2 Å². The highest BCUT2D eigenvalue weighted by molar-refractivity contribution is 6.32. The van der Waals surface area contributed by atoms with Crippen molar-refractivity contribution >= 4 is 70.8 Å². The number of rotatable bonds is 20. The van der Waals surface area contributed by atoms with Crippen LogP contribution < -0.4 is 42.8 Å². The number of ether oxygens (including phenoxy) is 2. The molecule has 2 aliphatic rings. The number of nitrogens with one attached hydrogen (secondary N) is 5. The van der Waals surface area contributed by atoms with Gasteiger partial charge in [0.15, 0.2) is 5.96 Å². The molecule has 0 radical (unpaired) electrons. The molecule has 1 aromatic carbocycles. The predicted octanol–water partition coefficient (Wildman–Crippen LogP) is 0.598. The summed E-state index contributed by atoms with van der Waals surface area (Å²) in [4.78, 5) is 132. The van der Waals surface area contributed by atoms with E-state index in [2.05, 4.69) is 31.6 Å². The number of carboxylic acid groups (broad SMARTS) is 1. The number of unbranched alkanes of at least 4 members (excludes halogenated alkanes) is 2. The molecular formula is C48H75ClN10O13. The Bertz CT molecular complexity index is 2120.